The third kappa shape index (κ3) is 5.73. The second-order valence-electron chi connectivity index (χ2n) is 7.07. The zero-order valence-corrected chi connectivity index (χ0v) is 16.9. The standard InChI is InChI=1S/C20H28N4O2S/c1-24-18(12-11-15-7-4-3-5-8-15)22-23-20(24)27-14-19(25)21-16-9-6-10-17(13-16)26-2/h6,9-10,13,15H,3-5,7-8,11-12,14H2,1-2H3,(H,21,25). The third-order valence-electron chi connectivity index (χ3n) is 5.11. The van der Waals surface area contributed by atoms with E-state index in [2.05, 4.69) is 15.5 Å². The van der Waals surface area contributed by atoms with Crippen molar-refractivity contribution in [3.63, 3.8) is 0 Å². The first kappa shape index (κ1) is 19.7. The molecule has 0 unspecified atom stereocenters. The largest absolute Gasteiger partial charge is 0.497 e. The molecule has 6 nitrogen and oxygen atoms in total. The highest BCUT2D eigenvalue weighted by atomic mass is 32.2. The number of aromatic nitrogens is 3. The molecule has 146 valence electrons. The number of anilines is 1. The van der Waals surface area contributed by atoms with Crippen LogP contribution in [0.1, 0.15) is 44.3 Å². The molecule has 0 aliphatic heterocycles. The number of thioether (sulfide) groups is 1. The summed E-state index contributed by atoms with van der Waals surface area (Å²) in [5.74, 6) is 2.79. The van der Waals surface area contributed by atoms with E-state index < -0.39 is 0 Å². The quantitative estimate of drug-likeness (QED) is 0.691. The first-order chi connectivity index (χ1) is 13.2. The molecule has 0 saturated heterocycles. The van der Waals surface area contributed by atoms with Crippen LogP contribution in [-0.2, 0) is 18.3 Å². The average molecular weight is 389 g/mol. The molecule has 1 fully saturated rings. The fourth-order valence-electron chi connectivity index (χ4n) is 3.53. The molecule has 0 bridgehead atoms. The Morgan fingerprint density at radius 2 is 2.11 bits per heavy atom. The Bertz CT molecular complexity index is 756. The van der Waals surface area contributed by atoms with Gasteiger partial charge < -0.3 is 14.6 Å². The molecule has 0 atom stereocenters. The number of nitrogens with one attached hydrogen (secondary N) is 1. The van der Waals surface area contributed by atoms with Gasteiger partial charge in [-0.1, -0.05) is 49.9 Å². The molecule has 2 aromatic rings. The maximum Gasteiger partial charge on any atom is 0.234 e. The van der Waals surface area contributed by atoms with Crippen LogP contribution in [0.5, 0.6) is 5.75 Å². The van der Waals surface area contributed by atoms with Gasteiger partial charge in [-0.25, -0.2) is 0 Å². The van der Waals surface area contributed by atoms with Gasteiger partial charge in [-0.3, -0.25) is 4.79 Å². The smallest absolute Gasteiger partial charge is 0.234 e. The van der Waals surface area contributed by atoms with Gasteiger partial charge in [0.2, 0.25) is 5.91 Å². The molecule has 1 amide bonds. The zero-order valence-electron chi connectivity index (χ0n) is 16.1. The summed E-state index contributed by atoms with van der Waals surface area (Å²) < 4.78 is 7.19. The summed E-state index contributed by atoms with van der Waals surface area (Å²) in [4.78, 5) is 12.2. The summed E-state index contributed by atoms with van der Waals surface area (Å²) in [5.41, 5.74) is 0.728. The topological polar surface area (TPSA) is 69.0 Å². The molecule has 1 aromatic carbocycles. The highest BCUT2D eigenvalue weighted by Gasteiger charge is 2.16. The Labute approximate surface area is 165 Å². The van der Waals surface area contributed by atoms with E-state index in [-0.39, 0.29) is 5.91 Å². The second-order valence-corrected chi connectivity index (χ2v) is 8.01. The predicted octanol–water partition coefficient (Wildman–Crippen LogP) is 4.07. The molecule has 27 heavy (non-hydrogen) atoms. The third-order valence-corrected chi connectivity index (χ3v) is 6.13. The van der Waals surface area contributed by atoms with Gasteiger partial charge in [0.15, 0.2) is 5.16 Å². The lowest BCUT2D eigenvalue weighted by Gasteiger charge is -2.20. The van der Waals surface area contributed by atoms with Crippen molar-refractivity contribution in [2.45, 2.75) is 50.1 Å². The van der Waals surface area contributed by atoms with Gasteiger partial charge in [-0.05, 0) is 24.5 Å². The van der Waals surface area contributed by atoms with Gasteiger partial charge in [-0.15, -0.1) is 10.2 Å². The predicted molar refractivity (Wildman–Crippen MR) is 108 cm³/mol. The lowest BCUT2D eigenvalue weighted by Crippen LogP contribution is -2.14. The number of carbonyl (C=O) groups excluding carboxylic acids is 1. The van der Waals surface area contributed by atoms with E-state index >= 15 is 0 Å². The molecule has 1 N–H and O–H groups in total. The minimum Gasteiger partial charge on any atom is -0.497 e. The van der Waals surface area contributed by atoms with Crippen LogP contribution < -0.4 is 10.1 Å². The fraction of sp³-hybridized carbons (Fsp3) is 0.550. The number of benzene rings is 1. The van der Waals surface area contributed by atoms with Crippen molar-refractivity contribution in [2.75, 3.05) is 18.2 Å². The molecule has 3 rings (SSSR count). The number of aryl methyl sites for hydroxylation is 1. The van der Waals surface area contributed by atoms with E-state index in [1.54, 1.807) is 13.2 Å². The monoisotopic (exact) mass is 388 g/mol. The van der Waals surface area contributed by atoms with Gasteiger partial charge >= 0.3 is 0 Å². The molecular formula is C20H28N4O2S. The van der Waals surface area contributed by atoms with Gasteiger partial charge in [-0.2, -0.15) is 0 Å². The summed E-state index contributed by atoms with van der Waals surface area (Å²) in [6.07, 6.45) is 8.98. The molecular weight excluding hydrogens is 360 g/mol. The molecule has 0 spiro atoms. The van der Waals surface area contributed by atoms with Crippen LogP contribution in [0.3, 0.4) is 0 Å². The number of carbonyl (C=O) groups is 1. The molecule has 1 heterocycles. The van der Waals surface area contributed by atoms with Crippen LogP contribution in [0, 0.1) is 5.92 Å². The minimum atomic E-state index is -0.0694. The van der Waals surface area contributed by atoms with Crippen molar-refractivity contribution < 1.29 is 9.53 Å². The molecule has 1 saturated carbocycles. The maximum absolute atomic E-state index is 12.2. The Hall–Kier alpha value is -2.02. The number of rotatable bonds is 8. The number of ether oxygens (including phenoxy) is 1. The Morgan fingerprint density at radius 3 is 2.89 bits per heavy atom. The van der Waals surface area contributed by atoms with E-state index in [4.69, 9.17) is 4.74 Å². The summed E-state index contributed by atoms with van der Waals surface area (Å²) in [7, 11) is 3.59. The second kappa shape index (κ2) is 9.78. The van der Waals surface area contributed by atoms with Crippen molar-refractivity contribution >= 4 is 23.4 Å². The number of amides is 1. The van der Waals surface area contributed by atoms with E-state index in [0.717, 1.165) is 34.8 Å². The van der Waals surface area contributed by atoms with Crippen LogP contribution in [0.2, 0.25) is 0 Å². The Kier molecular flexibility index (Phi) is 7.15. The lowest BCUT2D eigenvalue weighted by atomic mass is 9.86. The highest BCUT2D eigenvalue weighted by Crippen LogP contribution is 2.27. The van der Waals surface area contributed by atoms with E-state index in [1.807, 2.05) is 29.8 Å². The van der Waals surface area contributed by atoms with Crippen LogP contribution in [0.25, 0.3) is 0 Å². The van der Waals surface area contributed by atoms with Gasteiger partial charge in [0, 0.05) is 25.2 Å². The molecule has 1 aromatic heterocycles. The van der Waals surface area contributed by atoms with Crippen molar-refractivity contribution in [3.8, 4) is 5.75 Å². The Balaban J connectivity index is 1.47. The van der Waals surface area contributed by atoms with Gasteiger partial charge in [0.1, 0.15) is 11.6 Å². The van der Waals surface area contributed by atoms with Crippen LogP contribution >= 0.6 is 11.8 Å². The van der Waals surface area contributed by atoms with Gasteiger partial charge in [0.05, 0.1) is 12.9 Å². The zero-order chi connectivity index (χ0) is 19.1. The molecule has 1 aliphatic rings. The first-order valence-corrected chi connectivity index (χ1v) is 10.6. The highest BCUT2D eigenvalue weighted by molar-refractivity contribution is 7.99. The van der Waals surface area contributed by atoms with Crippen molar-refractivity contribution in [2.24, 2.45) is 13.0 Å². The number of hydrogen-bond donors (Lipinski definition) is 1. The minimum absolute atomic E-state index is 0.0694. The summed E-state index contributed by atoms with van der Waals surface area (Å²) in [5, 5.41) is 12.3. The number of methoxy groups -OCH3 is 1. The summed E-state index contributed by atoms with van der Waals surface area (Å²) >= 11 is 1.41. The average Bonchev–Trinajstić information content (AvgIpc) is 3.05. The normalized spacial score (nSPS) is 14.9. The molecule has 0 radical (unpaired) electrons. The van der Waals surface area contributed by atoms with E-state index in [0.29, 0.717) is 5.75 Å². The SMILES string of the molecule is COc1cccc(NC(=O)CSc2nnc(CCC3CCCCC3)n2C)c1. The Morgan fingerprint density at radius 1 is 1.30 bits per heavy atom. The van der Waals surface area contributed by atoms with Gasteiger partial charge in [0.25, 0.3) is 0 Å². The summed E-state index contributed by atoms with van der Waals surface area (Å²) in [6, 6.07) is 7.34. The number of nitrogens with zero attached hydrogens (tertiary/aromatic N) is 3. The fourth-order valence-corrected chi connectivity index (χ4v) is 4.26. The van der Waals surface area contributed by atoms with Crippen LogP contribution in [-0.4, -0.2) is 33.5 Å². The van der Waals surface area contributed by atoms with E-state index in [1.165, 1.54) is 50.3 Å². The lowest BCUT2D eigenvalue weighted by molar-refractivity contribution is -0.113. The van der Waals surface area contributed by atoms with Crippen molar-refractivity contribution in [3.05, 3.63) is 30.1 Å². The number of hydrogen-bond acceptors (Lipinski definition) is 5. The summed E-state index contributed by atoms with van der Waals surface area (Å²) in [6.45, 7) is 0. The van der Waals surface area contributed by atoms with Crippen molar-refractivity contribution in [1.82, 2.24) is 14.8 Å². The molecule has 1 aliphatic carbocycles. The first-order valence-electron chi connectivity index (χ1n) is 9.60. The molecule has 7 heteroatoms. The van der Waals surface area contributed by atoms with E-state index in [9.17, 15) is 4.79 Å². The van der Waals surface area contributed by atoms with Crippen LogP contribution in [0.15, 0.2) is 29.4 Å². The maximum atomic E-state index is 12.2. The van der Waals surface area contributed by atoms with Crippen LogP contribution in [0.4, 0.5) is 5.69 Å². The van der Waals surface area contributed by atoms with Crippen molar-refractivity contribution in [1.29, 1.82) is 0 Å².